The number of aromatic nitrogens is 1. The molecule has 0 N–H and O–H groups in total. The molecule has 0 fully saturated rings. The van der Waals surface area contributed by atoms with Crippen molar-refractivity contribution in [1.29, 1.82) is 0 Å². The predicted octanol–water partition coefficient (Wildman–Crippen LogP) is 12.0. The normalized spacial score (nSPS) is 11.6. The zero-order valence-corrected chi connectivity index (χ0v) is 25.0. The number of nitrogens with zero attached hydrogens (tertiary/aromatic N) is 1. The fourth-order valence-corrected chi connectivity index (χ4v) is 5.96. The lowest BCUT2D eigenvalue weighted by Gasteiger charge is -2.10. The van der Waals surface area contributed by atoms with Crippen molar-refractivity contribution < 1.29 is 4.74 Å². The molecule has 0 saturated heterocycles. The van der Waals surface area contributed by atoms with Gasteiger partial charge in [-0.25, -0.2) is 0 Å². The van der Waals surface area contributed by atoms with Crippen LogP contribution in [0.4, 0.5) is 0 Å². The molecular weight excluding hydrogens is 462 g/mol. The van der Waals surface area contributed by atoms with Crippen LogP contribution in [-0.2, 0) is 6.54 Å². The summed E-state index contributed by atoms with van der Waals surface area (Å²) in [5.74, 6) is 1.07. The van der Waals surface area contributed by atoms with Crippen LogP contribution in [0.25, 0.3) is 21.8 Å². The molecule has 0 saturated carbocycles. The highest BCUT2D eigenvalue weighted by molar-refractivity contribution is 6.11. The molecule has 0 radical (unpaired) electrons. The van der Waals surface area contributed by atoms with E-state index in [2.05, 4.69) is 60.9 Å². The zero-order valence-electron chi connectivity index (χ0n) is 25.0. The van der Waals surface area contributed by atoms with E-state index in [4.69, 9.17) is 4.74 Å². The molecule has 0 atom stereocenters. The largest absolute Gasteiger partial charge is 0.493 e. The average molecular weight is 520 g/mol. The number of benzene rings is 2. The van der Waals surface area contributed by atoms with Crippen molar-refractivity contribution in [3.8, 4) is 5.75 Å². The van der Waals surface area contributed by atoms with Gasteiger partial charge in [0.05, 0.1) is 12.1 Å². The summed E-state index contributed by atoms with van der Waals surface area (Å²) >= 11 is 0. The summed E-state index contributed by atoms with van der Waals surface area (Å²) in [4.78, 5) is 0. The SMILES string of the molecule is CCCCCCCCCCCCOc1cccc2c1c1ccccc1n2CCCCCCCCCCCC. The molecule has 0 aliphatic rings. The van der Waals surface area contributed by atoms with Gasteiger partial charge in [0.1, 0.15) is 5.75 Å². The molecule has 2 nitrogen and oxygen atoms in total. The minimum atomic E-state index is 0.827. The Bertz CT molecular complexity index is 1000. The first-order valence-electron chi connectivity index (χ1n) is 16.5. The molecule has 3 rings (SSSR count). The molecule has 3 aromatic rings. The summed E-state index contributed by atoms with van der Waals surface area (Å²) in [6.45, 7) is 6.51. The molecule has 1 heterocycles. The third-order valence-corrected chi connectivity index (χ3v) is 8.25. The minimum Gasteiger partial charge on any atom is -0.493 e. The van der Waals surface area contributed by atoms with E-state index in [1.165, 1.54) is 144 Å². The van der Waals surface area contributed by atoms with Gasteiger partial charge in [0.15, 0.2) is 0 Å². The first-order valence-corrected chi connectivity index (χ1v) is 16.5. The van der Waals surface area contributed by atoms with E-state index in [1.807, 2.05) is 0 Å². The smallest absolute Gasteiger partial charge is 0.129 e. The van der Waals surface area contributed by atoms with Gasteiger partial charge in [0, 0.05) is 22.8 Å². The van der Waals surface area contributed by atoms with E-state index >= 15 is 0 Å². The van der Waals surface area contributed by atoms with E-state index in [0.717, 1.165) is 25.3 Å². The van der Waals surface area contributed by atoms with Gasteiger partial charge in [-0.1, -0.05) is 154 Å². The maximum absolute atomic E-state index is 6.40. The Labute approximate surface area is 234 Å². The van der Waals surface area contributed by atoms with Crippen LogP contribution in [0.3, 0.4) is 0 Å². The molecule has 212 valence electrons. The number of hydrogen-bond donors (Lipinski definition) is 0. The highest BCUT2D eigenvalue weighted by Gasteiger charge is 2.14. The third kappa shape index (κ3) is 10.3. The van der Waals surface area contributed by atoms with Gasteiger partial charge in [-0.15, -0.1) is 0 Å². The fourth-order valence-electron chi connectivity index (χ4n) is 5.96. The second kappa shape index (κ2) is 19.2. The maximum atomic E-state index is 6.40. The molecule has 0 bridgehead atoms. The number of ether oxygens (including phenoxy) is 1. The van der Waals surface area contributed by atoms with Gasteiger partial charge in [-0.05, 0) is 31.0 Å². The average Bonchev–Trinajstić information content (AvgIpc) is 3.27. The molecule has 0 amide bonds. The van der Waals surface area contributed by atoms with Crippen LogP contribution in [0, 0.1) is 0 Å². The third-order valence-electron chi connectivity index (χ3n) is 8.25. The molecule has 0 aliphatic heterocycles. The Morgan fingerprint density at radius 3 is 1.61 bits per heavy atom. The van der Waals surface area contributed by atoms with E-state index in [-0.39, 0.29) is 0 Å². The summed E-state index contributed by atoms with van der Waals surface area (Å²) in [7, 11) is 0. The monoisotopic (exact) mass is 519 g/mol. The molecule has 1 aromatic heterocycles. The first kappa shape index (κ1) is 30.6. The van der Waals surface area contributed by atoms with Crippen molar-refractivity contribution in [2.45, 2.75) is 149 Å². The number of para-hydroxylation sites is 1. The Balaban J connectivity index is 1.44. The molecule has 0 aliphatic carbocycles. The second-order valence-corrected chi connectivity index (χ2v) is 11.5. The quantitative estimate of drug-likeness (QED) is 0.114. The van der Waals surface area contributed by atoms with Crippen molar-refractivity contribution in [2.75, 3.05) is 6.61 Å². The van der Waals surface area contributed by atoms with Gasteiger partial charge >= 0.3 is 0 Å². The topological polar surface area (TPSA) is 14.2 Å². The van der Waals surface area contributed by atoms with Crippen molar-refractivity contribution in [1.82, 2.24) is 4.57 Å². The summed E-state index contributed by atoms with van der Waals surface area (Å²) < 4.78 is 8.95. The van der Waals surface area contributed by atoms with E-state index in [9.17, 15) is 0 Å². The van der Waals surface area contributed by atoms with Crippen molar-refractivity contribution >= 4 is 21.8 Å². The predicted molar refractivity (Wildman–Crippen MR) is 169 cm³/mol. The van der Waals surface area contributed by atoms with Crippen molar-refractivity contribution in [2.24, 2.45) is 0 Å². The second-order valence-electron chi connectivity index (χ2n) is 11.5. The number of unbranched alkanes of at least 4 members (excludes halogenated alkanes) is 18. The minimum absolute atomic E-state index is 0.827. The molecule has 38 heavy (non-hydrogen) atoms. The lowest BCUT2D eigenvalue weighted by Crippen LogP contribution is -1.99. The van der Waals surface area contributed by atoms with Gasteiger partial charge in [-0.3, -0.25) is 0 Å². The summed E-state index contributed by atoms with van der Waals surface area (Å²) in [5, 5.41) is 2.65. The van der Waals surface area contributed by atoms with Crippen molar-refractivity contribution in [3.63, 3.8) is 0 Å². The van der Waals surface area contributed by atoms with Crippen LogP contribution < -0.4 is 4.74 Å². The van der Waals surface area contributed by atoms with Gasteiger partial charge in [0.25, 0.3) is 0 Å². The highest BCUT2D eigenvalue weighted by atomic mass is 16.5. The van der Waals surface area contributed by atoms with Crippen LogP contribution in [0.5, 0.6) is 5.75 Å². The standard InChI is InChI=1S/C36H57NO/c1-3-5-7-9-11-13-15-17-19-23-30-37-33-27-22-21-26-32(33)36-34(37)28-25-29-35(36)38-31-24-20-18-16-14-12-10-8-6-4-2/h21-22,25-29H,3-20,23-24,30-31H2,1-2H3. The van der Waals surface area contributed by atoms with E-state index in [1.54, 1.807) is 0 Å². The fraction of sp³-hybridized carbons (Fsp3) is 0.667. The van der Waals surface area contributed by atoms with Crippen LogP contribution in [-0.4, -0.2) is 11.2 Å². The Hall–Kier alpha value is -1.96. The Morgan fingerprint density at radius 1 is 0.500 bits per heavy atom. The molecule has 0 spiro atoms. The van der Waals surface area contributed by atoms with Gasteiger partial charge < -0.3 is 9.30 Å². The lowest BCUT2D eigenvalue weighted by atomic mass is 10.1. The lowest BCUT2D eigenvalue weighted by molar-refractivity contribution is 0.308. The molecule has 2 aromatic carbocycles. The molecule has 0 unspecified atom stereocenters. The maximum Gasteiger partial charge on any atom is 0.129 e. The van der Waals surface area contributed by atoms with E-state index in [0.29, 0.717) is 0 Å². The van der Waals surface area contributed by atoms with Crippen LogP contribution in [0.2, 0.25) is 0 Å². The van der Waals surface area contributed by atoms with Crippen molar-refractivity contribution in [3.05, 3.63) is 42.5 Å². The van der Waals surface area contributed by atoms with Crippen LogP contribution in [0.1, 0.15) is 142 Å². The number of rotatable bonds is 23. The molecular formula is C36H57NO. The van der Waals surface area contributed by atoms with Crippen LogP contribution in [0.15, 0.2) is 42.5 Å². The molecule has 2 heteroatoms. The summed E-state index contributed by atoms with van der Waals surface area (Å²) in [6.07, 6.45) is 27.4. The summed E-state index contributed by atoms with van der Waals surface area (Å²) in [5.41, 5.74) is 2.69. The van der Waals surface area contributed by atoms with Crippen LogP contribution >= 0.6 is 0 Å². The number of hydrogen-bond acceptors (Lipinski definition) is 1. The number of aryl methyl sites for hydroxylation is 1. The van der Waals surface area contributed by atoms with Gasteiger partial charge in [0.2, 0.25) is 0 Å². The first-order chi connectivity index (χ1) is 18.9. The number of fused-ring (bicyclic) bond motifs is 3. The van der Waals surface area contributed by atoms with Gasteiger partial charge in [-0.2, -0.15) is 0 Å². The Kier molecular flexibility index (Phi) is 15.4. The van der Waals surface area contributed by atoms with E-state index < -0.39 is 0 Å². The zero-order chi connectivity index (χ0) is 26.7. The Morgan fingerprint density at radius 2 is 1.00 bits per heavy atom. The highest BCUT2D eigenvalue weighted by Crippen LogP contribution is 2.36. The summed E-state index contributed by atoms with van der Waals surface area (Å²) in [6, 6.07) is 15.6.